The summed E-state index contributed by atoms with van der Waals surface area (Å²) in [6.45, 7) is 12.6. The topological polar surface area (TPSA) is 49.9 Å². The molecule has 112 valence electrons. The lowest BCUT2D eigenvalue weighted by molar-refractivity contribution is 0.487. The van der Waals surface area contributed by atoms with Gasteiger partial charge in [0.2, 0.25) is 0 Å². The molecule has 3 N–H and O–H groups in total. The average molecular weight is 282 g/mol. The first-order valence-electron chi connectivity index (χ1n) is 7.32. The van der Waals surface area contributed by atoms with E-state index in [4.69, 9.17) is 11.1 Å². The highest BCUT2D eigenvalue weighted by Gasteiger charge is 2.11. The molecule has 0 aromatic heterocycles. The van der Waals surface area contributed by atoms with Crippen LogP contribution in [0.15, 0.2) is 71.5 Å². The molecule has 1 rings (SSSR count). The van der Waals surface area contributed by atoms with Gasteiger partial charge in [0, 0.05) is 5.57 Å². The van der Waals surface area contributed by atoms with Gasteiger partial charge in [0.15, 0.2) is 0 Å². The van der Waals surface area contributed by atoms with Crippen LogP contribution in [0, 0.1) is 17.2 Å². The monoisotopic (exact) mass is 282 g/mol. The Morgan fingerprint density at radius 3 is 2.33 bits per heavy atom. The predicted octanol–water partition coefficient (Wildman–Crippen LogP) is 4.70. The fourth-order valence-electron chi connectivity index (χ4n) is 2.05. The van der Waals surface area contributed by atoms with Crippen molar-refractivity contribution in [1.82, 2.24) is 0 Å². The Bertz CT molecular complexity index is 566. The van der Waals surface area contributed by atoms with Crippen molar-refractivity contribution in [2.75, 3.05) is 0 Å². The molecule has 1 unspecified atom stereocenters. The second-order valence-electron chi connectivity index (χ2n) is 5.73. The fourth-order valence-corrected chi connectivity index (χ4v) is 2.05. The third kappa shape index (κ3) is 4.45. The smallest absolute Gasteiger partial charge is 0.0615 e. The first kappa shape index (κ1) is 17.0. The number of allylic oxidation sites excluding steroid dienone is 10. The predicted molar refractivity (Wildman–Crippen MR) is 93.3 cm³/mol. The molecule has 0 aliphatic heterocycles. The Morgan fingerprint density at radius 2 is 1.81 bits per heavy atom. The van der Waals surface area contributed by atoms with Gasteiger partial charge < -0.3 is 11.1 Å². The molecule has 1 aliphatic carbocycles. The molecule has 0 bridgehead atoms. The van der Waals surface area contributed by atoms with E-state index < -0.39 is 0 Å². The summed E-state index contributed by atoms with van der Waals surface area (Å²) in [5.74, 6) is 0.944. The molecular formula is C19H26N2. The summed E-state index contributed by atoms with van der Waals surface area (Å²) in [4.78, 5) is 0. The third-order valence-corrected chi connectivity index (χ3v) is 4.01. The lowest BCUT2D eigenvalue weighted by Gasteiger charge is -2.16. The number of rotatable bonds is 5. The second-order valence-corrected chi connectivity index (χ2v) is 5.73. The van der Waals surface area contributed by atoms with Crippen molar-refractivity contribution in [1.29, 1.82) is 5.41 Å². The number of hydrogen-bond acceptors (Lipinski definition) is 2. The SMILES string of the molecule is C=C(/C=C\C(=C\N)C(C)C(C)C)/C(C)=C1\C=CC=CC1=N. The summed E-state index contributed by atoms with van der Waals surface area (Å²) in [6, 6.07) is 0. The van der Waals surface area contributed by atoms with E-state index in [1.165, 1.54) is 0 Å². The van der Waals surface area contributed by atoms with Crippen molar-refractivity contribution in [3.05, 3.63) is 71.5 Å². The summed E-state index contributed by atoms with van der Waals surface area (Å²) in [5.41, 5.74) is 10.2. The van der Waals surface area contributed by atoms with Gasteiger partial charge in [0.25, 0.3) is 0 Å². The first-order chi connectivity index (χ1) is 9.88. The first-order valence-corrected chi connectivity index (χ1v) is 7.32. The van der Waals surface area contributed by atoms with E-state index in [0.717, 1.165) is 22.3 Å². The zero-order chi connectivity index (χ0) is 16.0. The van der Waals surface area contributed by atoms with E-state index >= 15 is 0 Å². The molecule has 0 aromatic carbocycles. The Kier molecular flexibility index (Phi) is 6.16. The van der Waals surface area contributed by atoms with Gasteiger partial charge in [-0.05, 0) is 47.8 Å². The van der Waals surface area contributed by atoms with Crippen LogP contribution in [-0.2, 0) is 0 Å². The van der Waals surface area contributed by atoms with E-state index in [0.29, 0.717) is 17.5 Å². The van der Waals surface area contributed by atoms with Crippen LogP contribution in [-0.4, -0.2) is 5.71 Å². The standard InChI is InChI=1S/C19H26N2/c1-13(2)15(4)17(12-20)11-10-14(3)16(5)18-8-6-7-9-19(18)21/h6-13,15,21H,3,20H2,1-2,4-5H3/b11-10-,17-12-,18-16+,21-19?. The average Bonchev–Trinajstić information content (AvgIpc) is 2.47. The highest BCUT2D eigenvalue weighted by atomic mass is 14.5. The van der Waals surface area contributed by atoms with E-state index in [1.807, 2.05) is 37.3 Å². The van der Waals surface area contributed by atoms with Gasteiger partial charge in [-0.1, -0.05) is 57.7 Å². The highest BCUT2D eigenvalue weighted by molar-refractivity contribution is 6.10. The zero-order valence-electron chi connectivity index (χ0n) is 13.5. The van der Waals surface area contributed by atoms with E-state index in [2.05, 4.69) is 27.4 Å². The van der Waals surface area contributed by atoms with Crippen LogP contribution >= 0.6 is 0 Å². The van der Waals surface area contributed by atoms with E-state index in [9.17, 15) is 0 Å². The van der Waals surface area contributed by atoms with Crippen LogP contribution in [0.1, 0.15) is 27.7 Å². The Morgan fingerprint density at radius 1 is 1.19 bits per heavy atom. The molecule has 0 aromatic rings. The number of nitrogens with two attached hydrogens (primary N) is 1. The summed E-state index contributed by atoms with van der Waals surface area (Å²) < 4.78 is 0. The molecule has 0 radical (unpaired) electrons. The van der Waals surface area contributed by atoms with Crippen LogP contribution in [0.25, 0.3) is 0 Å². The minimum atomic E-state index is 0.405. The van der Waals surface area contributed by atoms with Gasteiger partial charge in [0.1, 0.15) is 0 Å². The minimum Gasteiger partial charge on any atom is -0.404 e. The Hall–Kier alpha value is -2.09. The van der Waals surface area contributed by atoms with Crippen LogP contribution in [0.5, 0.6) is 0 Å². The maximum absolute atomic E-state index is 7.95. The van der Waals surface area contributed by atoms with Crippen LogP contribution in [0.4, 0.5) is 0 Å². The molecule has 0 saturated heterocycles. The molecule has 1 aliphatic rings. The second kappa shape index (κ2) is 7.63. The van der Waals surface area contributed by atoms with E-state index in [1.54, 1.807) is 12.3 Å². The maximum Gasteiger partial charge on any atom is 0.0615 e. The molecule has 0 amide bonds. The molecule has 2 heteroatoms. The molecule has 0 spiro atoms. The number of hydrogen-bond donors (Lipinski definition) is 2. The summed E-state index contributed by atoms with van der Waals surface area (Å²) in [7, 11) is 0. The van der Waals surface area contributed by atoms with E-state index in [-0.39, 0.29) is 0 Å². The van der Waals surface area contributed by atoms with Crippen molar-refractivity contribution in [2.24, 2.45) is 17.6 Å². The van der Waals surface area contributed by atoms with Crippen molar-refractivity contribution in [3.8, 4) is 0 Å². The molecule has 1 atom stereocenters. The lowest BCUT2D eigenvalue weighted by atomic mass is 9.89. The number of nitrogens with one attached hydrogen (secondary N) is 1. The summed E-state index contributed by atoms with van der Waals surface area (Å²) >= 11 is 0. The van der Waals surface area contributed by atoms with Crippen molar-refractivity contribution < 1.29 is 0 Å². The van der Waals surface area contributed by atoms with Crippen molar-refractivity contribution >= 4 is 5.71 Å². The van der Waals surface area contributed by atoms with Crippen LogP contribution in [0.2, 0.25) is 0 Å². The quantitative estimate of drug-likeness (QED) is 0.706. The Balaban J connectivity index is 2.93. The molecule has 21 heavy (non-hydrogen) atoms. The van der Waals surface area contributed by atoms with Gasteiger partial charge in [-0.15, -0.1) is 0 Å². The van der Waals surface area contributed by atoms with Gasteiger partial charge in [0.05, 0.1) is 5.71 Å². The minimum absolute atomic E-state index is 0.405. The molecule has 0 fully saturated rings. The molecule has 0 heterocycles. The van der Waals surface area contributed by atoms with Crippen molar-refractivity contribution in [2.45, 2.75) is 27.7 Å². The van der Waals surface area contributed by atoms with Crippen LogP contribution in [0.3, 0.4) is 0 Å². The highest BCUT2D eigenvalue weighted by Crippen LogP contribution is 2.23. The van der Waals surface area contributed by atoms with Crippen molar-refractivity contribution in [3.63, 3.8) is 0 Å². The normalized spacial score (nSPS) is 19.5. The third-order valence-electron chi connectivity index (χ3n) is 4.01. The van der Waals surface area contributed by atoms with Crippen LogP contribution < -0.4 is 5.73 Å². The maximum atomic E-state index is 7.95. The van der Waals surface area contributed by atoms with Gasteiger partial charge in [-0.3, -0.25) is 0 Å². The fraction of sp³-hybridized carbons (Fsp3) is 0.316. The summed E-state index contributed by atoms with van der Waals surface area (Å²) in [5, 5.41) is 7.95. The summed E-state index contributed by atoms with van der Waals surface area (Å²) in [6.07, 6.45) is 13.2. The Labute approximate surface area is 128 Å². The zero-order valence-corrected chi connectivity index (χ0v) is 13.5. The molecule has 2 nitrogen and oxygen atoms in total. The lowest BCUT2D eigenvalue weighted by Crippen LogP contribution is -2.07. The van der Waals surface area contributed by atoms with Gasteiger partial charge in [-0.25, -0.2) is 0 Å². The largest absolute Gasteiger partial charge is 0.404 e. The molecular weight excluding hydrogens is 256 g/mol. The molecule has 0 saturated carbocycles. The van der Waals surface area contributed by atoms with Gasteiger partial charge >= 0.3 is 0 Å². The van der Waals surface area contributed by atoms with Gasteiger partial charge in [-0.2, -0.15) is 0 Å².